The molecule has 0 radical (unpaired) electrons. The third kappa shape index (κ3) is 4.06. The quantitative estimate of drug-likeness (QED) is 0.813. The molecule has 1 aromatic rings. The lowest BCUT2D eigenvalue weighted by Gasteiger charge is -2.27. The molecule has 7 heteroatoms. The van der Waals surface area contributed by atoms with E-state index in [2.05, 4.69) is 10.4 Å². The van der Waals surface area contributed by atoms with Crippen molar-refractivity contribution in [3.8, 4) is 0 Å². The molecule has 0 unspecified atom stereocenters. The molecular formula is C13H21N3O3S. The summed E-state index contributed by atoms with van der Waals surface area (Å²) < 4.78 is 24.1. The molecule has 0 aliphatic heterocycles. The monoisotopic (exact) mass is 299 g/mol. The molecule has 2 rings (SSSR count). The van der Waals surface area contributed by atoms with Crippen LogP contribution in [-0.2, 0) is 16.4 Å². The van der Waals surface area contributed by atoms with Crippen LogP contribution in [0.1, 0.15) is 32.6 Å². The maximum Gasteiger partial charge on any atom is 0.268 e. The molecule has 0 saturated heterocycles. The van der Waals surface area contributed by atoms with E-state index in [0.717, 1.165) is 18.5 Å². The van der Waals surface area contributed by atoms with Crippen LogP contribution < -0.4 is 10.9 Å². The minimum atomic E-state index is -2.98. The van der Waals surface area contributed by atoms with Gasteiger partial charge in [0.25, 0.3) is 5.56 Å². The SMILES string of the molecule is CCS(=O)(=O)CCCn1ncc(NC2CCC2)cc1=O. The minimum absolute atomic E-state index is 0.0969. The lowest BCUT2D eigenvalue weighted by molar-refractivity contribution is 0.445. The van der Waals surface area contributed by atoms with Crippen molar-refractivity contribution in [2.45, 2.75) is 45.2 Å². The molecule has 1 aliphatic carbocycles. The number of hydrogen-bond acceptors (Lipinski definition) is 5. The molecule has 1 aromatic heterocycles. The van der Waals surface area contributed by atoms with Gasteiger partial charge in [0, 0.05) is 24.4 Å². The number of hydrogen-bond donors (Lipinski definition) is 1. The van der Waals surface area contributed by atoms with E-state index in [9.17, 15) is 13.2 Å². The van der Waals surface area contributed by atoms with Crippen LogP contribution in [0.3, 0.4) is 0 Å². The fourth-order valence-corrected chi connectivity index (χ4v) is 2.90. The van der Waals surface area contributed by atoms with E-state index in [-0.39, 0.29) is 17.1 Å². The van der Waals surface area contributed by atoms with Crippen LogP contribution in [0.5, 0.6) is 0 Å². The Morgan fingerprint density at radius 2 is 2.20 bits per heavy atom. The molecule has 1 N–H and O–H groups in total. The zero-order chi connectivity index (χ0) is 14.6. The first kappa shape index (κ1) is 15.0. The number of nitrogens with one attached hydrogen (secondary N) is 1. The van der Waals surface area contributed by atoms with Crippen LogP contribution in [-0.4, -0.2) is 35.7 Å². The lowest BCUT2D eigenvalue weighted by atomic mass is 9.93. The highest BCUT2D eigenvalue weighted by Crippen LogP contribution is 2.21. The van der Waals surface area contributed by atoms with Crippen LogP contribution >= 0.6 is 0 Å². The smallest absolute Gasteiger partial charge is 0.268 e. The summed E-state index contributed by atoms with van der Waals surface area (Å²) in [6.07, 6.45) is 5.55. The van der Waals surface area contributed by atoms with Crippen LogP contribution in [0.4, 0.5) is 5.69 Å². The Hall–Kier alpha value is -1.37. The largest absolute Gasteiger partial charge is 0.381 e. The molecule has 20 heavy (non-hydrogen) atoms. The molecule has 0 atom stereocenters. The van der Waals surface area contributed by atoms with Crippen molar-refractivity contribution < 1.29 is 8.42 Å². The van der Waals surface area contributed by atoms with Crippen molar-refractivity contribution in [2.24, 2.45) is 0 Å². The normalized spacial score (nSPS) is 15.8. The van der Waals surface area contributed by atoms with Crippen molar-refractivity contribution in [3.05, 3.63) is 22.6 Å². The molecular weight excluding hydrogens is 278 g/mol. The number of anilines is 1. The third-order valence-corrected chi connectivity index (χ3v) is 5.40. The van der Waals surface area contributed by atoms with Crippen molar-refractivity contribution in [2.75, 3.05) is 16.8 Å². The predicted octanol–water partition coefficient (Wildman–Crippen LogP) is 1.03. The average molecular weight is 299 g/mol. The second kappa shape index (κ2) is 6.39. The van der Waals surface area contributed by atoms with E-state index >= 15 is 0 Å². The number of nitrogens with zero attached hydrogens (tertiary/aromatic N) is 2. The van der Waals surface area contributed by atoms with Crippen LogP contribution in [0.2, 0.25) is 0 Å². The molecule has 0 aromatic carbocycles. The van der Waals surface area contributed by atoms with Gasteiger partial charge in [-0.25, -0.2) is 13.1 Å². The summed E-state index contributed by atoms with van der Waals surface area (Å²) in [6, 6.07) is 1.99. The fraction of sp³-hybridized carbons (Fsp3) is 0.692. The van der Waals surface area contributed by atoms with Crippen molar-refractivity contribution in [3.63, 3.8) is 0 Å². The topological polar surface area (TPSA) is 81.1 Å². The first-order chi connectivity index (χ1) is 9.50. The Labute approximate surface area is 119 Å². The summed E-state index contributed by atoms with van der Waals surface area (Å²) in [5, 5.41) is 7.35. The Balaban J connectivity index is 1.90. The van der Waals surface area contributed by atoms with E-state index in [0.29, 0.717) is 19.0 Å². The molecule has 1 aliphatic rings. The Morgan fingerprint density at radius 1 is 1.45 bits per heavy atom. The van der Waals surface area contributed by atoms with Gasteiger partial charge >= 0.3 is 0 Å². The van der Waals surface area contributed by atoms with Gasteiger partial charge in [-0.2, -0.15) is 5.10 Å². The minimum Gasteiger partial charge on any atom is -0.381 e. The molecule has 0 amide bonds. The Kier molecular flexibility index (Phi) is 4.80. The van der Waals surface area contributed by atoms with Crippen LogP contribution in [0.15, 0.2) is 17.1 Å². The van der Waals surface area contributed by atoms with Gasteiger partial charge in [0.05, 0.1) is 17.6 Å². The Bertz CT molecular complexity index is 606. The summed E-state index contributed by atoms with van der Waals surface area (Å²) in [6.45, 7) is 1.96. The van der Waals surface area contributed by atoms with Gasteiger partial charge in [0.1, 0.15) is 9.84 Å². The average Bonchev–Trinajstić information content (AvgIpc) is 2.36. The van der Waals surface area contributed by atoms with E-state index < -0.39 is 9.84 Å². The maximum absolute atomic E-state index is 11.9. The second-order valence-corrected chi connectivity index (χ2v) is 7.64. The molecule has 1 heterocycles. The van der Waals surface area contributed by atoms with Crippen molar-refractivity contribution in [1.82, 2.24) is 9.78 Å². The van der Waals surface area contributed by atoms with Gasteiger partial charge < -0.3 is 5.32 Å². The third-order valence-electron chi connectivity index (χ3n) is 3.61. The highest BCUT2D eigenvalue weighted by molar-refractivity contribution is 7.91. The number of rotatable bonds is 7. The summed E-state index contributed by atoms with van der Waals surface area (Å²) in [5.74, 6) is 0.235. The van der Waals surface area contributed by atoms with Gasteiger partial charge in [0.15, 0.2) is 0 Å². The number of aryl methyl sites for hydroxylation is 1. The Morgan fingerprint density at radius 3 is 2.75 bits per heavy atom. The zero-order valence-corrected chi connectivity index (χ0v) is 12.5. The zero-order valence-electron chi connectivity index (χ0n) is 11.7. The van der Waals surface area contributed by atoms with E-state index in [1.54, 1.807) is 13.1 Å². The van der Waals surface area contributed by atoms with Crippen molar-refractivity contribution >= 4 is 15.5 Å². The summed E-state index contributed by atoms with van der Waals surface area (Å²) in [7, 11) is -2.98. The van der Waals surface area contributed by atoms with Gasteiger partial charge in [-0.05, 0) is 25.7 Å². The van der Waals surface area contributed by atoms with Gasteiger partial charge in [-0.15, -0.1) is 0 Å². The molecule has 6 nitrogen and oxygen atoms in total. The molecule has 1 saturated carbocycles. The van der Waals surface area contributed by atoms with Gasteiger partial charge in [-0.3, -0.25) is 4.79 Å². The standard InChI is InChI=1S/C13H21N3O3S/c1-2-20(18,19)8-4-7-16-13(17)9-12(10-14-16)15-11-5-3-6-11/h9-11,15H,2-8H2,1H3. The highest BCUT2D eigenvalue weighted by atomic mass is 32.2. The highest BCUT2D eigenvalue weighted by Gasteiger charge is 2.17. The summed E-state index contributed by atoms with van der Waals surface area (Å²) in [4.78, 5) is 11.9. The molecule has 0 spiro atoms. The molecule has 0 bridgehead atoms. The first-order valence-corrected chi connectivity index (χ1v) is 8.86. The molecule has 112 valence electrons. The van der Waals surface area contributed by atoms with Crippen LogP contribution in [0, 0.1) is 0 Å². The molecule has 1 fully saturated rings. The van der Waals surface area contributed by atoms with E-state index in [1.807, 2.05) is 0 Å². The van der Waals surface area contributed by atoms with Gasteiger partial charge in [-0.1, -0.05) is 6.92 Å². The van der Waals surface area contributed by atoms with Crippen molar-refractivity contribution in [1.29, 1.82) is 0 Å². The number of sulfone groups is 1. The van der Waals surface area contributed by atoms with E-state index in [1.165, 1.54) is 17.2 Å². The second-order valence-electron chi connectivity index (χ2n) is 5.17. The maximum atomic E-state index is 11.9. The summed E-state index contributed by atoms with van der Waals surface area (Å²) >= 11 is 0. The van der Waals surface area contributed by atoms with Crippen LogP contribution in [0.25, 0.3) is 0 Å². The summed E-state index contributed by atoms with van der Waals surface area (Å²) in [5.41, 5.74) is 0.556. The predicted molar refractivity (Wildman–Crippen MR) is 78.7 cm³/mol. The first-order valence-electron chi connectivity index (χ1n) is 7.04. The van der Waals surface area contributed by atoms with Gasteiger partial charge in [0.2, 0.25) is 0 Å². The van der Waals surface area contributed by atoms with E-state index in [4.69, 9.17) is 0 Å². The lowest BCUT2D eigenvalue weighted by Crippen LogP contribution is -2.29. The number of aromatic nitrogens is 2. The fourth-order valence-electron chi connectivity index (χ4n) is 2.05.